The Labute approximate surface area is 169 Å². The second kappa shape index (κ2) is 8.11. The third-order valence-corrected chi connectivity index (χ3v) is 4.97. The highest BCUT2D eigenvalue weighted by Crippen LogP contribution is 2.44. The van der Waals surface area contributed by atoms with Gasteiger partial charge in [-0.2, -0.15) is 5.10 Å². The summed E-state index contributed by atoms with van der Waals surface area (Å²) >= 11 is 6.43. The minimum atomic E-state index is -0.0585. The molecule has 1 aliphatic carbocycles. The summed E-state index contributed by atoms with van der Waals surface area (Å²) in [7, 11) is 0. The smallest absolute Gasteiger partial charge is 0.234 e. The Bertz CT molecular complexity index is 935. The van der Waals surface area contributed by atoms with E-state index in [1.165, 1.54) is 0 Å². The van der Waals surface area contributed by atoms with Crippen LogP contribution in [0.1, 0.15) is 35.8 Å². The third-order valence-electron chi connectivity index (χ3n) is 4.50. The first-order valence-electron chi connectivity index (χ1n) is 8.72. The van der Waals surface area contributed by atoms with Crippen molar-refractivity contribution in [3.8, 4) is 5.69 Å². The van der Waals surface area contributed by atoms with Crippen LogP contribution in [0.2, 0.25) is 5.02 Å². The first-order valence-corrected chi connectivity index (χ1v) is 9.10. The molecule has 1 saturated carbocycles. The van der Waals surface area contributed by atoms with Gasteiger partial charge in [0.25, 0.3) is 0 Å². The highest BCUT2D eigenvalue weighted by Gasteiger charge is 2.31. The molecular formula is C20H20Cl2N4O. The average molecular weight is 403 g/mol. The van der Waals surface area contributed by atoms with Crippen LogP contribution in [0.3, 0.4) is 0 Å². The van der Waals surface area contributed by atoms with Crippen LogP contribution in [0.25, 0.3) is 5.69 Å². The molecule has 2 N–H and O–H groups in total. The number of hydrogen-bond acceptors (Lipinski definition) is 2. The minimum absolute atomic E-state index is 0. The Kier molecular flexibility index (Phi) is 5.82. The zero-order valence-corrected chi connectivity index (χ0v) is 16.4. The molecule has 0 unspecified atom stereocenters. The Morgan fingerprint density at radius 2 is 2.00 bits per heavy atom. The first kappa shape index (κ1) is 19.4. The monoisotopic (exact) mass is 402 g/mol. The van der Waals surface area contributed by atoms with Crippen LogP contribution < -0.4 is 22.7 Å². The number of hydrogen-bond donors (Lipinski definition) is 1. The van der Waals surface area contributed by atoms with Crippen molar-refractivity contribution >= 4 is 23.2 Å². The van der Waals surface area contributed by atoms with Gasteiger partial charge in [0, 0.05) is 23.7 Å². The number of aromatic amines is 1. The van der Waals surface area contributed by atoms with Crippen molar-refractivity contribution in [1.29, 1.82) is 0 Å². The summed E-state index contributed by atoms with van der Waals surface area (Å²) in [5.74, 6) is 0.446. The summed E-state index contributed by atoms with van der Waals surface area (Å²) in [5, 5.41) is 8.27. The molecule has 1 amide bonds. The number of H-pyrrole nitrogens is 1. The lowest BCUT2D eigenvalue weighted by Crippen LogP contribution is -3.00. The van der Waals surface area contributed by atoms with Crippen molar-refractivity contribution in [3.63, 3.8) is 0 Å². The van der Waals surface area contributed by atoms with Crippen molar-refractivity contribution in [1.82, 2.24) is 9.78 Å². The van der Waals surface area contributed by atoms with Gasteiger partial charge < -0.3 is 17.7 Å². The highest BCUT2D eigenvalue weighted by atomic mass is 35.5. The fourth-order valence-corrected chi connectivity index (χ4v) is 3.31. The molecule has 0 bridgehead atoms. The van der Waals surface area contributed by atoms with Crippen LogP contribution in [-0.2, 0) is 11.2 Å². The number of benzene rings is 1. The molecule has 3 aromatic rings. The maximum atomic E-state index is 12.2. The molecule has 2 aromatic heterocycles. The maximum absolute atomic E-state index is 12.2. The lowest BCUT2D eigenvalue weighted by Gasteiger charge is -2.09. The molecule has 0 atom stereocenters. The summed E-state index contributed by atoms with van der Waals surface area (Å²) in [6.07, 6.45) is 4.44. The Morgan fingerprint density at radius 1 is 1.26 bits per heavy atom. The lowest BCUT2D eigenvalue weighted by molar-refractivity contribution is -0.389. The van der Waals surface area contributed by atoms with E-state index in [1.54, 1.807) is 0 Å². The van der Waals surface area contributed by atoms with Gasteiger partial charge in [0.05, 0.1) is 22.1 Å². The van der Waals surface area contributed by atoms with Crippen LogP contribution >= 0.6 is 11.6 Å². The molecule has 7 heteroatoms. The topological polar surface area (TPSA) is 61.1 Å². The summed E-state index contributed by atoms with van der Waals surface area (Å²) in [6, 6.07) is 13.4. The number of pyridine rings is 1. The van der Waals surface area contributed by atoms with Crippen molar-refractivity contribution in [2.75, 3.05) is 5.32 Å². The molecule has 140 valence electrons. The number of amides is 1. The number of halogens is 2. The normalized spacial score (nSPS) is 13.1. The van der Waals surface area contributed by atoms with Gasteiger partial charge in [-0.05, 0) is 44.0 Å². The predicted molar refractivity (Wildman–Crippen MR) is 101 cm³/mol. The molecule has 0 spiro atoms. The Hall–Kier alpha value is -2.37. The van der Waals surface area contributed by atoms with E-state index in [4.69, 9.17) is 11.6 Å². The van der Waals surface area contributed by atoms with E-state index in [2.05, 4.69) is 15.4 Å². The van der Waals surface area contributed by atoms with Crippen molar-refractivity contribution in [2.24, 2.45) is 0 Å². The van der Waals surface area contributed by atoms with Gasteiger partial charge in [-0.3, -0.25) is 4.79 Å². The fraction of sp³-hybridized carbons (Fsp3) is 0.250. The second-order valence-corrected chi connectivity index (χ2v) is 7.01. The van der Waals surface area contributed by atoms with E-state index in [9.17, 15) is 4.79 Å². The number of aryl methyl sites for hydroxylation is 1. The molecule has 0 radical (unpaired) electrons. The summed E-state index contributed by atoms with van der Waals surface area (Å²) in [6.45, 7) is 1.93. The summed E-state index contributed by atoms with van der Waals surface area (Å²) < 4.78 is 1.93. The van der Waals surface area contributed by atoms with E-state index in [1.807, 2.05) is 60.3 Å². The quantitative estimate of drug-likeness (QED) is 0.682. The molecule has 4 rings (SSSR count). The zero-order valence-electron chi connectivity index (χ0n) is 14.9. The van der Waals surface area contributed by atoms with E-state index in [-0.39, 0.29) is 18.3 Å². The number of nitrogens with zero attached hydrogens (tertiary/aromatic N) is 2. The number of anilines is 1. The highest BCUT2D eigenvalue weighted by molar-refractivity contribution is 6.32. The predicted octanol–water partition coefficient (Wildman–Crippen LogP) is 0.711. The van der Waals surface area contributed by atoms with E-state index in [0.29, 0.717) is 12.3 Å². The van der Waals surface area contributed by atoms with E-state index in [0.717, 1.165) is 46.3 Å². The van der Waals surface area contributed by atoms with Crippen LogP contribution in [0, 0.1) is 6.92 Å². The van der Waals surface area contributed by atoms with Crippen LogP contribution in [0.15, 0.2) is 48.7 Å². The van der Waals surface area contributed by atoms with Crippen molar-refractivity contribution in [2.45, 2.75) is 32.1 Å². The molecule has 0 saturated heterocycles. The van der Waals surface area contributed by atoms with Crippen LogP contribution in [0.4, 0.5) is 5.69 Å². The standard InChI is InChI=1S/C20H19ClN4O.ClH/c1-13-19(21)20(14-5-6-14)25(24-13)17-9-7-15(8-10-17)23-18(26)12-16-4-2-3-11-22-16;/h2-4,7-11,14H,5-6,12H2,1H3,(H,23,26);1H. The fourth-order valence-electron chi connectivity index (χ4n) is 3.04. The molecular weight excluding hydrogens is 383 g/mol. The molecule has 0 aliphatic heterocycles. The van der Waals surface area contributed by atoms with Gasteiger partial charge in [-0.15, -0.1) is 0 Å². The molecule has 1 aromatic carbocycles. The van der Waals surface area contributed by atoms with Gasteiger partial charge in [-0.25, -0.2) is 9.67 Å². The number of nitrogens with one attached hydrogen (secondary N) is 2. The Morgan fingerprint density at radius 3 is 2.63 bits per heavy atom. The number of aromatic nitrogens is 3. The Balaban J connectivity index is 0.00000210. The lowest BCUT2D eigenvalue weighted by atomic mass is 10.2. The van der Waals surface area contributed by atoms with E-state index >= 15 is 0 Å². The SMILES string of the molecule is Cc1nn(-c2ccc(NC(=O)Cc3cccc[nH+]3)cc2)c(C2CC2)c1Cl.[Cl-]. The van der Waals surface area contributed by atoms with Gasteiger partial charge >= 0.3 is 0 Å². The molecule has 2 heterocycles. The van der Waals surface area contributed by atoms with Gasteiger partial charge in [0.2, 0.25) is 5.91 Å². The molecule has 5 nitrogen and oxygen atoms in total. The molecule has 1 fully saturated rings. The van der Waals surface area contributed by atoms with Gasteiger partial charge in [0.1, 0.15) is 6.42 Å². The maximum Gasteiger partial charge on any atom is 0.234 e. The number of carbonyl (C=O) groups excluding carboxylic acids is 1. The second-order valence-electron chi connectivity index (χ2n) is 6.63. The number of carbonyl (C=O) groups is 1. The minimum Gasteiger partial charge on any atom is -1.00 e. The first-order chi connectivity index (χ1) is 12.6. The van der Waals surface area contributed by atoms with Gasteiger partial charge in [0.15, 0.2) is 11.9 Å². The van der Waals surface area contributed by atoms with Crippen LogP contribution in [-0.4, -0.2) is 15.7 Å². The third kappa shape index (κ3) is 4.31. The van der Waals surface area contributed by atoms with Crippen molar-refractivity contribution in [3.05, 3.63) is 70.8 Å². The largest absolute Gasteiger partial charge is 1.00 e. The zero-order chi connectivity index (χ0) is 18.1. The van der Waals surface area contributed by atoms with Gasteiger partial charge in [-0.1, -0.05) is 17.7 Å². The number of rotatable bonds is 5. The molecule has 1 aliphatic rings. The van der Waals surface area contributed by atoms with Crippen LogP contribution in [0.5, 0.6) is 0 Å². The summed E-state index contributed by atoms with van der Waals surface area (Å²) in [5.41, 5.74) is 4.54. The van der Waals surface area contributed by atoms with E-state index < -0.39 is 0 Å². The van der Waals surface area contributed by atoms with Crippen molar-refractivity contribution < 1.29 is 22.2 Å². The molecule has 27 heavy (non-hydrogen) atoms. The summed E-state index contributed by atoms with van der Waals surface area (Å²) in [4.78, 5) is 15.2. The average Bonchev–Trinajstić information content (AvgIpc) is 3.43.